The molecule has 1 heterocycles. The predicted octanol–water partition coefficient (Wildman–Crippen LogP) is 3.26. The smallest absolute Gasteiger partial charge is 0.318 e. The Morgan fingerprint density at radius 2 is 1.94 bits per heavy atom. The van der Waals surface area contributed by atoms with Gasteiger partial charge in [0.05, 0.1) is 12.1 Å². The fraction of sp³-hybridized carbons (Fsp3) is 0.360. The minimum absolute atomic E-state index is 0.214. The molecule has 2 amide bonds. The summed E-state index contributed by atoms with van der Waals surface area (Å²) in [5.41, 5.74) is 2.28. The van der Waals surface area contributed by atoms with Gasteiger partial charge in [-0.3, -0.25) is 4.90 Å². The number of hydrogen-bond donors (Lipinski definition) is 2. The van der Waals surface area contributed by atoms with Crippen molar-refractivity contribution in [3.63, 3.8) is 0 Å². The average Bonchev–Trinajstić information content (AvgIpc) is 2.83. The van der Waals surface area contributed by atoms with Crippen LogP contribution in [0.5, 0.6) is 5.75 Å². The van der Waals surface area contributed by atoms with Gasteiger partial charge in [0, 0.05) is 50.8 Å². The van der Waals surface area contributed by atoms with Gasteiger partial charge < -0.3 is 20.3 Å². The zero-order chi connectivity index (χ0) is 23.5. The Bertz CT molecular complexity index is 985. The van der Waals surface area contributed by atoms with Crippen LogP contribution in [0.15, 0.2) is 60.7 Å². The summed E-state index contributed by atoms with van der Waals surface area (Å²) in [5.74, 6) is 0.510. The van der Waals surface area contributed by atoms with Gasteiger partial charge in [-0.15, -0.1) is 0 Å². The van der Waals surface area contributed by atoms with E-state index in [0.717, 1.165) is 43.9 Å². The monoisotopic (exact) mass is 467 g/mol. The van der Waals surface area contributed by atoms with Crippen LogP contribution in [0.25, 0.3) is 0 Å². The number of nitrogens with zero attached hydrogens (tertiary/aromatic N) is 3. The van der Waals surface area contributed by atoms with E-state index in [4.69, 9.17) is 16.3 Å². The molecule has 0 saturated carbocycles. The van der Waals surface area contributed by atoms with E-state index in [2.05, 4.69) is 28.2 Å². The first-order valence-electron chi connectivity index (χ1n) is 11.0. The van der Waals surface area contributed by atoms with Crippen molar-refractivity contribution in [1.29, 1.82) is 5.26 Å². The molecule has 0 radical (unpaired) electrons. The first-order chi connectivity index (χ1) is 16.1. The molecule has 3 rings (SSSR count). The molecule has 1 aliphatic heterocycles. The Morgan fingerprint density at radius 3 is 2.70 bits per heavy atom. The lowest BCUT2D eigenvalue weighted by Gasteiger charge is -2.30. The van der Waals surface area contributed by atoms with Gasteiger partial charge in [0.25, 0.3) is 0 Å². The molecule has 0 spiro atoms. The number of para-hydroxylation sites is 1. The normalized spacial score (nSPS) is 13.7. The van der Waals surface area contributed by atoms with Crippen molar-refractivity contribution in [1.82, 2.24) is 20.4 Å². The second-order valence-corrected chi connectivity index (χ2v) is 8.31. The molecule has 33 heavy (non-hydrogen) atoms. The van der Waals surface area contributed by atoms with E-state index in [1.807, 2.05) is 24.3 Å². The van der Waals surface area contributed by atoms with Gasteiger partial charge in [-0.05, 0) is 29.3 Å². The number of carbonyl (C=O) groups is 1. The van der Waals surface area contributed by atoms with E-state index in [1.165, 1.54) is 0 Å². The van der Waals surface area contributed by atoms with E-state index in [9.17, 15) is 10.1 Å². The van der Waals surface area contributed by atoms with E-state index in [-0.39, 0.29) is 12.6 Å². The second kappa shape index (κ2) is 12.9. The molecule has 0 aliphatic carbocycles. The van der Waals surface area contributed by atoms with Crippen molar-refractivity contribution in [2.45, 2.75) is 6.54 Å². The number of rotatable bonds is 10. The Labute approximate surface area is 200 Å². The van der Waals surface area contributed by atoms with E-state index < -0.39 is 0 Å². The minimum Gasteiger partial charge on any atom is -0.490 e. The highest BCUT2D eigenvalue weighted by molar-refractivity contribution is 6.31. The minimum atomic E-state index is -0.214. The molecule has 0 atom stereocenters. The summed E-state index contributed by atoms with van der Waals surface area (Å²) in [4.78, 5) is 17.0. The van der Waals surface area contributed by atoms with Crippen molar-refractivity contribution >= 4 is 17.6 Å². The fourth-order valence-corrected chi connectivity index (χ4v) is 3.84. The second-order valence-electron chi connectivity index (χ2n) is 7.90. The Morgan fingerprint density at radius 1 is 1.21 bits per heavy atom. The van der Waals surface area contributed by atoms with Crippen LogP contribution in [-0.2, 0) is 6.54 Å². The van der Waals surface area contributed by atoms with Crippen LogP contribution in [0, 0.1) is 11.3 Å². The number of piperazine rings is 1. The maximum Gasteiger partial charge on any atom is 0.318 e. The molecule has 1 saturated heterocycles. The van der Waals surface area contributed by atoms with Gasteiger partial charge in [-0.25, -0.2) is 4.79 Å². The van der Waals surface area contributed by atoms with Crippen molar-refractivity contribution in [3.8, 4) is 11.8 Å². The largest absolute Gasteiger partial charge is 0.490 e. The van der Waals surface area contributed by atoms with Crippen LogP contribution in [0.4, 0.5) is 4.79 Å². The molecule has 2 aromatic rings. The Hall–Kier alpha value is -3.05. The van der Waals surface area contributed by atoms with Crippen molar-refractivity contribution in [2.75, 3.05) is 52.4 Å². The molecule has 2 aromatic carbocycles. The lowest BCUT2D eigenvalue weighted by molar-refractivity contribution is 0.184. The molecule has 0 bridgehead atoms. The Balaban J connectivity index is 1.60. The number of amides is 2. The number of carbonyl (C=O) groups excluding carboxylic acids is 1. The quantitative estimate of drug-likeness (QED) is 0.524. The average molecular weight is 468 g/mol. The topological polar surface area (TPSA) is 80.6 Å². The molecule has 1 aliphatic rings. The molecule has 174 valence electrons. The van der Waals surface area contributed by atoms with Crippen molar-refractivity contribution in [3.05, 3.63) is 76.8 Å². The number of hydrogen-bond acceptors (Lipinski definition) is 5. The third kappa shape index (κ3) is 7.79. The van der Waals surface area contributed by atoms with Crippen LogP contribution in [0.1, 0.15) is 11.1 Å². The van der Waals surface area contributed by atoms with E-state index in [1.54, 1.807) is 29.2 Å². The van der Waals surface area contributed by atoms with Gasteiger partial charge in [-0.2, -0.15) is 5.26 Å². The predicted molar refractivity (Wildman–Crippen MR) is 130 cm³/mol. The first-order valence-corrected chi connectivity index (χ1v) is 11.4. The SMILES string of the molecule is C=C(CN1CCNCC1)CN(CCOc1ccccc1C#N)C(=O)NCc1ccccc1Cl. The number of benzene rings is 2. The lowest BCUT2D eigenvalue weighted by Crippen LogP contribution is -2.46. The number of nitrogens with one attached hydrogen (secondary N) is 2. The highest BCUT2D eigenvalue weighted by Gasteiger charge is 2.18. The van der Waals surface area contributed by atoms with Gasteiger partial charge in [-0.1, -0.05) is 48.5 Å². The highest BCUT2D eigenvalue weighted by atomic mass is 35.5. The maximum absolute atomic E-state index is 13.0. The lowest BCUT2D eigenvalue weighted by atomic mass is 10.2. The van der Waals surface area contributed by atoms with E-state index >= 15 is 0 Å². The molecule has 1 fully saturated rings. The number of nitriles is 1. The zero-order valence-corrected chi connectivity index (χ0v) is 19.5. The molecular weight excluding hydrogens is 438 g/mol. The molecule has 8 heteroatoms. The van der Waals surface area contributed by atoms with Crippen LogP contribution < -0.4 is 15.4 Å². The van der Waals surface area contributed by atoms with Crippen LogP contribution in [0.3, 0.4) is 0 Å². The van der Waals surface area contributed by atoms with E-state index in [0.29, 0.717) is 36.0 Å². The molecule has 0 aromatic heterocycles. The summed E-state index contributed by atoms with van der Waals surface area (Å²) in [6, 6.07) is 16.4. The number of urea groups is 1. The van der Waals surface area contributed by atoms with Crippen molar-refractivity contribution < 1.29 is 9.53 Å². The highest BCUT2D eigenvalue weighted by Crippen LogP contribution is 2.17. The van der Waals surface area contributed by atoms with Gasteiger partial charge in [0.2, 0.25) is 0 Å². The number of halogens is 1. The Kier molecular flexibility index (Phi) is 9.58. The molecular formula is C25H30ClN5O2. The van der Waals surface area contributed by atoms with Crippen LogP contribution in [-0.4, -0.2) is 68.3 Å². The van der Waals surface area contributed by atoms with Crippen LogP contribution >= 0.6 is 11.6 Å². The third-order valence-electron chi connectivity index (χ3n) is 5.37. The third-order valence-corrected chi connectivity index (χ3v) is 5.74. The molecule has 0 unspecified atom stereocenters. The maximum atomic E-state index is 13.0. The first kappa shape index (κ1) is 24.6. The standard InChI is InChI=1S/C25H30ClN5O2/c1-20(18-30-12-10-28-11-13-30)19-31(14-15-33-24-9-5-3-6-21(24)16-27)25(32)29-17-22-7-2-4-8-23(22)26/h2-9,28H,1,10-15,17-19H2,(H,29,32). The summed E-state index contributed by atoms with van der Waals surface area (Å²) < 4.78 is 5.81. The van der Waals surface area contributed by atoms with Gasteiger partial charge >= 0.3 is 6.03 Å². The summed E-state index contributed by atoms with van der Waals surface area (Å²) in [7, 11) is 0. The van der Waals surface area contributed by atoms with Crippen molar-refractivity contribution in [2.24, 2.45) is 0 Å². The van der Waals surface area contributed by atoms with Gasteiger partial charge in [0.15, 0.2) is 0 Å². The fourth-order valence-electron chi connectivity index (χ4n) is 3.63. The summed E-state index contributed by atoms with van der Waals surface area (Å²) in [6.07, 6.45) is 0. The summed E-state index contributed by atoms with van der Waals surface area (Å²) >= 11 is 6.22. The zero-order valence-electron chi connectivity index (χ0n) is 18.7. The molecule has 2 N–H and O–H groups in total. The summed E-state index contributed by atoms with van der Waals surface area (Å²) in [5, 5.41) is 16.2. The summed E-state index contributed by atoms with van der Waals surface area (Å²) in [6.45, 7) is 10.2. The number of ether oxygens (including phenoxy) is 1. The van der Waals surface area contributed by atoms with Gasteiger partial charge in [0.1, 0.15) is 18.4 Å². The van der Waals surface area contributed by atoms with Crippen LogP contribution in [0.2, 0.25) is 5.02 Å². The molecule has 7 nitrogen and oxygen atoms in total.